The molecule has 51 heavy (non-hydrogen) atoms. The summed E-state index contributed by atoms with van der Waals surface area (Å²) in [6.07, 6.45) is -7.41. The van der Waals surface area contributed by atoms with E-state index in [9.17, 15) is 35.9 Å². The molecule has 5 aromatic rings. The van der Waals surface area contributed by atoms with Crippen molar-refractivity contribution in [3.8, 4) is 17.0 Å². The lowest BCUT2D eigenvalue weighted by Crippen LogP contribution is -2.56. The Hall–Kier alpha value is -4.91. The second-order valence-corrected chi connectivity index (χ2v) is 13.3. The molecule has 4 heterocycles. The van der Waals surface area contributed by atoms with Crippen LogP contribution in [0.15, 0.2) is 82.4 Å². The van der Waals surface area contributed by atoms with Crippen molar-refractivity contribution in [2.24, 2.45) is 11.8 Å². The van der Waals surface area contributed by atoms with Gasteiger partial charge in [0.25, 0.3) is 10.9 Å². The first-order chi connectivity index (χ1) is 24.2. The highest BCUT2D eigenvalue weighted by molar-refractivity contribution is 5.88. The van der Waals surface area contributed by atoms with Crippen LogP contribution in [0.3, 0.4) is 0 Å². The van der Waals surface area contributed by atoms with Crippen LogP contribution in [0.5, 0.6) is 5.75 Å². The number of rotatable bonds is 9. The zero-order chi connectivity index (χ0) is 36.2. The summed E-state index contributed by atoms with van der Waals surface area (Å²) in [5.41, 5.74) is -3.41. The van der Waals surface area contributed by atoms with Crippen molar-refractivity contribution in [1.29, 1.82) is 0 Å². The second-order valence-electron chi connectivity index (χ2n) is 13.3. The Morgan fingerprint density at radius 2 is 1.59 bits per heavy atom. The predicted octanol–water partition coefficient (Wildman–Crippen LogP) is 8.56. The number of hydrogen-bond acceptors (Lipinski definition) is 7. The van der Waals surface area contributed by atoms with Gasteiger partial charge >= 0.3 is 12.4 Å². The number of hydrogen-bond donors (Lipinski definition) is 2. The molecule has 3 aliphatic rings. The van der Waals surface area contributed by atoms with Gasteiger partial charge in [-0.25, -0.2) is 4.98 Å². The smallest absolute Gasteiger partial charge is 0.416 e. The maximum absolute atomic E-state index is 13.7. The lowest BCUT2D eigenvalue weighted by atomic mass is 9.72. The molecule has 3 aliphatic heterocycles. The van der Waals surface area contributed by atoms with Gasteiger partial charge in [0, 0.05) is 29.2 Å². The van der Waals surface area contributed by atoms with Gasteiger partial charge in [-0.3, -0.25) is 14.5 Å². The van der Waals surface area contributed by atoms with Crippen molar-refractivity contribution >= 4 is 28.0 Å². The Bertz CT molecular complexity index is 2130. The highest BCUT2D eigenvalue weighted by Gasteiger charge is 2.44. The number of benzene rings is 3. The molecule has 1 unspecified atom stereocenters. The lowest BCUT2D eigenvalue weighted by molar-refractivity contribution is -0.143. The van der Waals surface area contributed by atoms with Crippen molar-refractivity contribution in [2.45, 2.75) is 50.6 Å². The predicted molar refractivity (Wildman–Crippen MR) is 183 cm³/mol. The fraction of sp³-hybridized carbons (Fsp3) is 0.342. The van der Waals surface area contributed by atoms with Crippen LogP contribution in [-0.2, 0) is 12.4 Å². The highest BCUT2D eigenvalue weighted by Crippen LogP contribution is 2.45. The summed E-state index contributed by atoms with van der Waals surface area (Å²) in [6.45, 7) is 3.79. The maximum Gasteiger partial charge on any atom is 0.416 e. The minimum atomic E-state index is -5.09. The van der Waals surface area contributed by atoms with Gasteiger partial charge in [-0.2, -0.15) is 26.3 Å². The Kier molecular flexibility index (Phi) is 8.81. The van der Waals surface area contributed by atoms with Crippen molar-refractivity contribution in [3.63, 3.8) is 0 Å². The summed E-state index contributed by atoms with van der Waals surface area (Å²) in [5.74, 6) is 1.45. The van der Waals surface area contributed by atoms with E-state index in [1.165, 1.54) is 0 Å². The van der Waals surface area contributed by atoms with E-state index < -0.39 is 51.8 Å². The van der Waals surface area contributed by atoms with Gasteiger partial charge in [-0.05, 0) is 79.3 Å². The fourth-order valence-electron chi connectivity index (χ4n) is 7.72. The maximum atomic E-state index is 13.7. The Morgan fingerprint density at radius 1 is 0.902 bits per heavy atom. The van der Waals surface area contributed by atoms with E-state index in [0.29, 0.717) is 40.9 Å². The number of methoxy groups -OCH3 is 1. The first kappa shape index (κ1) is 34.5. The molecule has 8 rings (SSSR count). The van der Waals surface area contributed by atoms with E-state index in [1.807, 2.05) is 48.5 Å². The van der Waals surface area contributed by atoms with Crippen LogP contribution in [0.1, 0.15) is 48.9 Å². The van der Waals surface area contributed by atoms with Gasteiger partial charge in [0.05, 0.1) is 35.5 Å². The van der Waals surface area contributed by atoms with Crippen molar-refractivity contribution in [2.75, 3.05) is 30.8 Å². The van der Waals surface area contributed by atoms with Crippen LogP contribution in [0, 0.1) is 11.8 Å². The van der Waals surface area contributed by atoms with E-state index in [-0.39, 0.29) is 17.8 Å². The molecule has 1 aromatic heterocycles. The lowest BCUT2D eigenvalue weighted by Gasteiger charge is -2.52. The fourth-order valence-corrected chi connectivity index (χ4v) is 7.72. The molecular formula is C38H34F6N4O3. The summed E-state index contributed by atoms with van der Waals surface area (Å²) in [7, 11) is 1.54. The van der Waals surface area contributed by atoms with Crippen LogP contribution >= 0.6 is 0 Å². The Morgan fingerprint density at radius 3 is 2.20 bits per heavy atom. The monoisotopic (exact) mass is 708 g/mol. The summed E-state index contributed by atoms with van der Waals surface area (Å²) in [4.78, 5) is 33.5. The average Bonchev–Trinajstić information content (AvgIpc) is 3.13. The standard InChI is InChI=1S/C38H34F6N4O3/c1-3-20-19-48-12-11-22(20)13-31(48)32(28-18-30(21-7-5-4-6-8-21)46-29-10-9-26(51-2)17-27(28)29)47-34-33(35(49)36(34)50)45-25-15-23(37(39,40)41)14-24(16-25)38(42,43)44/h4-10,14-18,20,22,31-32,45,47H,3,11-13,19H2,1-2H3/t20-,22-,31-,32-/m0/s1. The number of aromatic nitrogens is 1. The average molecular weight is 709 g/mol. The number of fused-ring (bicyclic) bond motifs is 4. The molecule has 4 aromatic carbocycles. The van der Waals surface area contributed by atoms with Gasteiger partial charge in [0.1, 0.15) is 17.1 Å². The normalized spacial score (nSPS) is 21.2. The van der Waals surface area contributed by atoms with E-state index in [4.69, 9.17) is 9.72 Å². The molecule has 2 N–H and O–H groups in total. The quantitative estimate of drug-likeness (QED) is 0.117. The minimum Gasteiger partial charge on any atom is -0.497 e. The third-order valence-corrected chi connectivity index (χ3v) is 10.4. The Balaban J connectivity index is 1.37. The van der Waals surface area contributed by atoms with Gasteiger partial charge in [0.15, 0.2) is 0 Å². The summed E-state index contributed by atoms with van der Waals surface area (Å²) in [6, 6.07) is 17.1. The van der Waals surface area contributed by atoms with E-state index >= 15 is 0 Å². The van der Waals surface area contributed by atoms with E-state index in [2.05, 4.69) is 22.5 Å². The van der Waals surface area contributed by atoms with Crippen LogP contribution in [0.25, 0.3) is 22.2 Å². The SMILES string of the molecule is CC[C@H]1CN2CC[C@H]1C[C@H]2[C@@H](Nc1c(Nc2cc(C(F)(F)F)cc(C(F)(F)F)c2)c(=O)c1=O)c1cc(-c2ccccc2)nc2ccc(OC)cc12. The molecule has 5 atom stereocenters. The zero-order valence-corrected chi connectivity index (χ0v) is 27.7. The largest absolute Gasteiger partial charge is 0.497 e. The van der Waals surface area contributed by atoms with E-state index in [1.54, 1.807) is 13.2 Å². The minimum absolute atomic E-state index is 0.00572. The van der Waals surface area contributed by atoms with Crippen LogP contribution in [-0.4, -0.2) is 36.1 Å². The number of halogens is 6. The molecular weight excluding hydrogens is 674 g/mol. The third-order valence-electron chi connectivity index (χ3n) is 10.4. The van der Waals surface area contributed by atoms with Gasteiger partial charge in [-0.15, -0.1) is 0 Å². The summed E-state index contributed by atoms with van der Waals surface area (Å²) in [5, 5.41) is 6.46. The van der Waals surface area contributed by atoms with Crippen molar-refractivity contribution < 1.29 is 31.1 Å². The zero-order valence-electron chi connectivity index (χ0n) is 27.7. The molecule has 266 valence electrons. The number of pyridine rings is 1. The number of nitrogens with zero attached hydrogens (tertiary/aromatic N) is 2. The summed E-state index contributed by atoms with van der Waals surface area (Å²) >= 11 is 0. The number of ether oxygens (including phenoxy) is 1. The topological polar surface area (TPSA) is 83.6 Å². The Labute approximate surface area is 289 Å². The molecule has 13 heteroatoms. The second kappa shape index (κ2) is 13.0. The molecule has 0 aliphatic carbocycles. The third kappa shape index (κ3) is 6.55. The van der Waals surface area contributed by atoms with Gasteiger partial charge in [0.2, 0.25) is 0 Å². The number of nitrogens with one attached hydrogen (secondary N) is 2. The van der Waals surface area contributed by atoms with Crippen molar-refractivity contribution in [1.82, 2.24) is 9.88 Å². The molecule has 7 nitrogen and oxygen atoms in total. The van der Waals surface area contributed by atoms with Crippen LogP contribution < -0.4 is 26.2 Å². The van der Waals surface area contributed by atoms with E-state index in [0.717, 1.165) is 48.9 Å². The highest BCUT2D eigenvalue weighted by atomic mass is 19.4. The number of anilines is 3. The van der Waals surface area contributed by atoms with Crippen molar-refractivity contribution in [3.05, 3.63) is 110 Å². The number of alkyl halides is 6. The van der Waals surface area contributed by atoms with Crippen LogP contribution in [0.2, 0.25) is 0 Å². The van der Waals surface area contributed by atoms with Crippen LogP contribution in [0.4, 0.5) is 43.4 Å². The molecule has 2 bridgehead atoms. The van der Waals surface area contributed by atoms with Gasteiger partial charge < -0.3 is 15.4 Å². The first-order valence-corrected chi connectivity index (χ1v) is 16.7. The summed E-state index contributed by atoms with van der Waals surface area (Å²) < 4.78 is 87.5. The molecule has 3 saturated heterocycles. The number of piperidine rings is 3. The molecule has 0 radical (unpaired) electrons. The first-order valence-electron chi connectivity index (χ1n) is 16.7. The molecule has 3 fully saturated rings. The molecule has 0 spiro atoms. The molecule has 0 saturated carbocycles. The molecule has 0 amide bonds. The van der Waals surface area contributed by atoms with Gasteiger partial charge in [-0.1, -0.05) is 43.7 Å².